The first-order valence-corrected chi connectivity index (χ1v) is 8.34. The number of ketones is 1. The summed E-state index contributed by atoms with van der Waals surface area (Å²) in [5.41, 5.74) is -0.0811. The molecule has 2 aromatic carbocycles. The van der Waals surface area contributed by atoms with Crippen molar-refractivity contribution < 1.29 is 27.8 Å². The number of aromatic nitrogens is 1. The van der Waals surface area contributed by atoms with Gasteiger partial charge in [0, 0.05) is 11.8 Å². The minimum atomic E-state index is -1.22. The van der Waals surface area contributed by atoms with E-state index in [-0.39, 0.29) is 17.0 Å². The molecule has 28 heavy (non-hydrogen) atoms. The lowest BCUT2D eigenvalue weighted by Crippen LogP contribution is -2.25. The highest BCUT2D eigenvalue weighted by Crippen LogP contribution is 2.24. The van der Waals surface area contributed by atoms with Crippen molar-refractivity contribution in [3.05, 3.63) is 89.6 Å². The maximum atomic E-state index is 13.3. The van der Waals surface area contributed by atoms with E-state index in [0.29, 0.717) is 5.75 Å². The number of carbonyl (C=O) groups excluding carboxylic acids is 2. The zero-order valence-electron chi connectivity index (χ0n) is 14.8. The van der Waals surface area contributed by atoms with Crippen molar-refractivity contribution in [2.75, 3.05) is 0 Å². The van der Waals surface area contributed by atoms with Crippen molar-refractivity contribution >= 4 is 11.8 Å². The average Bonchev–Trinajstić information content (AvgIpc) is 2.70. The molecule has 0 N–H and O–H groups in total. The molecule has 0 amide bonds. The van der Waals surface area contributed by atoms with Crippen LogP contribution < -0.4 is 4.74 Å². The molecule has 3 rings (SSSR count). The Labute approximate surface area is 159 Å². The van der Waals surface area contributed by atoms with E-state index in [1.165, 1.54) is 25.3 Å². The van der Waals surface area contributed by atoms with Gasteiger partial charge in [0.15, 0.2) is 17.7 Å². The van der Waals surface area contributed by atoms with Crippen LogP contribution in [0.4, 0.5) is 8.78 Å². The second kappa shape index (κ2) is 8.39. The molecule has 0 radical (unpaired) electrons. The molecule has 1 atom stereocenters. The van der Waals surface area contributed by atoms with Gasteiger partial charge in [-0.25, -0.2) is 18.6 Å². The summed E-state index contributed by atoms with van der Waals surface area (Å²) in [5.74, 6) is -3.23. The van der Waals surface area contributed by atoms with E-state index in [2.05, 4.69) is 4.98 Å². The lowest BCUT2D eigenvalue weighted by atomic mass is 10.1. The van der Waals surface area contributed by atoms with Crippen molar-refractivity contribution in [3.63, 3.8) is 0 Å². The van der Waals surface area contributed by atoms with Gasteiger partial charge in [-0.05, 0) is 49.4 Å². The van der Waals surface area contributed by atoms with E-state index in [1.807, 2.05) is 6.07 Å². The van der Waals surface area contributed by atoms with Crippen molar-refractivity contribution in [3.8, 4) is 11.6 Å². The topological polar surface area (TPSA) is 65.5 Å². The van der Waals surface area contributed by atoms with Crippen LogP contribution in [0.2, 0.25) is 0 Å². The number of carbonyl (C=O) groups is 2. The Morgan fingerprint density at radius 3 is 2.43 bits per heavy atom. The van der Waals surface area contributed by atoms with Gasteiger partial charge in [-0.2, -0.15) is 0 Å². The first kappa shape index (κ1) is 19.2. The van der Waals surface area contributed by atoms with E-state index in [9.17, 15) is 18.4 Å². The number of pyridine rings is 1. The fraction of sp³-hybridized carbons (Fsp3) is 0.0952. The Bertz CT molecular complexity index is 1010. The van der Waals surface area contributed by atoms with Gasteiger partial charge >= 0.3 is 5.97 Å². The van der Waals surface area contributed by atoms with Crippen LogP contribution >= 0.6 is 0 Å². The monoisotopic (exact) mass is 383 g/mol. The lowest BCUT2D eigenvalue weighted by Gasteiger charge is -2.14. The van der Waals surface area contributed by atoms with Crippen LogP contribution in [-0.4, -0.2) is 22.8 Å². The third-order valence-electron chi connectivity index (χ3n) is 3.81. The lowest BCUT2D eigenvalue weighted by molar-refractivity contribution is 0.0315. The third kappa shape index (κ3) is 4.37. The molecule has 0 bridgehead atoms. The highest BCUT2D eigenvalue weighted by atomic mass is 19.2. The maximum absolute atomic E-state index is 13.3. The molecule has 0 saturated carbocycles. The Hall–Kier alpha value is -3.61. The fourth-order valence-electron chi connectivity index (χ4n) is 2.39. The minimum absolute atomic E-state index is 0.0196. The molecule has 5 nitrogen and oxygen atoms in total. The quantitative estimate of drug-likeness (QED) is 0.460. The van der Waals surface area contributed by atoms with Gasteiger partial charge < -0.3 is 9.47 Å². The number of benzene rings is 2. The Morgan fingerprint density at radius 2 is 1.71 bits per heavy atom. The summed E-state index contributed by atoms with van der Waals surface area (Å²) in [6.07, 6.45) is 0.229. The SMILES string of the molecule is C[C@H](OC(=O)c1cccnc1Oc1ccccc1)C(=O)c1ccc(F)c(F)c1. The van der Waals surface area contributed by atoms with Crippen LogP contribution in [0, 0.1) is 11.6 Å². The highest BCUT2D eigenvalue weighted by Gasteiger charge is 2.24. The number of halogens is 2. The number of rotatable bonds is 6. The second-order valence-corrected chi connectivity index (χ2v) is 5.81. The highest BCUT2D eigenvalue weighted by molar-refractivity contribution is 6.01. The Morgan fingerprint density at radius 1 is 0.964 bits per heavy atom. The zero-order chi connectivity index (χ0) is 20.1. The van der Waals surface area contributed by atoms with Crippen LogP contribution in [0.5, 0.6) is 11.6 Å². The summed E-state index contributed by atoms with van der Waals surface area (Å²) < 4.78 is 37.1. The molecule has 1 heterocycles. The number of nitrogens with zero attached hydrogens (tertiary/aromatic N) is 1. The van der Waals surface area contributed by atoms with Gasteiger partial charge in [-0.3, -0.25) is 4.79 Å². The standard InChI is InChI=1S/C21H15F2NO4/c1-13(19(25)14-9-10-17(22)18(23)12-14)27-21(26)16-8-5-11-24-20(16)28-15-6-3-2-4-7-15/h2-13H,1H3/t13-/m0/s1. The number of hydrogen-bond donors (Lipinski definition) is 0. The molecule has 7 heteroatoms. The molecular formula is C21H15F2NO4. The van der Waals surface area contributed by atoms with E-state index >= 15 is 0 Å². The summed E-state index contributed by atoms with van der Waals surface area (Å²) in [7, 11) is 0. The van der Waals surface area contributed by atoms with Gasteiger partial charge in [-0.15, -0.1) is 0 Å². The van der Waals surface area contributed by atoms with Crippen LogP contribution in [0.15, 0.2) is 66.9 Å². The normalized spacial score (nSPS) is 11.5. The van der Waals surface area contributed by atoms with E-state index in [1.54, 1.807) is 24.3 Å². The third-order valence-corrected chi connectivity index (χ3v) is 3.81. The van der Waals surface area contributed by atoms with E-state index in [4.69, 9.17) is 9.47 Å². The average molecular weight is 383 g/mol. The number of para-hydroxylation sites is 1. The van der Waals surface area contributed by atoms with E-state index < -0.39 is 29.5 Å². The van der Waals surface area contributed by atoms with E-state index in [0.717, 1.165) is 18.2 Å². The molecule has 0 unspecified atom stereocenters. The smallest absolute Gasteiger partial charge is 0.344 e. The molecule has 142 valence electrons. The first-order valence-electron chi connectivity index (χ1n) is 8.34. The Kier molecular flexibility index (Phi) is 5.74. The fourth-order valence-corrected chi connectivity index (χ4v) is 2.39. The number of ether oxygens (including phenoxy) is 2. The van der Waals surface area contributed by atoms with Gasteiger partial charge in [0.05, 0.1) is 0 Å². The largest absolute Gasteiger partial charge is 0.451 e. The summed E-state index contributed by atoms with van der Waals surface area (Å²) >= 11 is 0. The van der Waals surface area contributed by atoms with Crippen LogP contribution in [-0.2, 0) is 4.74 Å². The molecular weight excluding hydrogens is 368 g/mol. The van der Waals surface area contributed by atoms with Crippen LogP contribution in [0.3, 0.4) is 0 Å². The molecule has 1 aromatic heterocycles. The predicted octanol–water partition coefficient (Wildman–Crippen LogP) is 4.58. The molecule has 0 fully saturated rings. The van der Waals surface area contributed by atoms with Crippen molar-refractivity contribution in [2.45, 2.75) is 13.0 Å². The summed E-state index contributed by atoms with van der Waals surface area (Å²) in [4.78, 5) is 28.9. The number of Topliss-reactive ketones (excluding diaryl/α,β-unsaturated/α-hetero) is 1. The van der Waals surface area contributed by atoms with Crippen molar-refractivity contribution in [1.29, 1.82) is 0 Å². The van der Waals surface area contributed by atoms with Gasteiger partial charge in [0.1, 0.15) is 11.3 Å². The first-order chi connectivity index (χ1) is 13.5. The van der Waals surface area contributed by atoms with Crippen molar-refractivity contribution in [1.82, 2.24) is 4.98 Å². The molecule has 0 aliphatic rings. The minimum Gasteiger partial charge on any atom is -0.451 e. The zero-order valence-corrected chi connectivity index (χ0v) is 14.8. The maximum Gasteiger partial charge on any atom is 0.344 e. The van der Waals surface area contributed by atoms with Gasteiger partial charge in [0.25, 0.3) is 0 Å². The summed E-state index contributed by atoms with van der Waals surface area (Å²) in [6.45, 7) is 1.34. The molecule has 0 aliphatic heterocycles. The molecule has 0 aliphatic carbocycles. The van der Waals surface area contributed by atoms with Gasteiger partial charge in [0.2, 0.25) is 11.7 Å². The van der Waals surface area contributed by atoms with Gasteiger partial charge in [-0.1, -0.05) is 18.2 Å². The second-order valence-electron chi connectivity index (χ2n) is 5.81. The van der Waals surface area contributed by atoms with Crippen molar-refractivity contribution in [2.24, 2.45) is 0 Å². The number of hydrogen-bond acceptors (Lipinski definition) is 5. The number of esters is 1. The Balaban J connectivity index is 1.75. The molecule has 3 aromatic rings. The summed E-state index contributed by atoms with van der Waals surface area (Å²) in [6, 6.07) is 14.4. The molecule has 0 saturated heterocycles. The van der Waals surface area contributed by atoms with Crippen LogP contribution in [0.25, 0.3) is 0 Å². The summed E-state index contributed by atoms with van der Waals surface area (Å²) in [5, 5.41) is 0. The molecule has 0 spiro atoms. The predicted molar refractivity (Wildman–Crippen MR) is 96.3 cm³/mol. The van der Waals surface area contributed by atoms with Crippen LogP contribution in [0.1, 0.15) is 27.6 Å².